The Bertz CT molecular complexity index is 350. The average molecular weight is 260 g/mol. The molecule has 0 radical (unpaired) electrons. The number of hydrogen-bond acceptors (Lipinski definition) is 2. The third kappa shape index (κ3) is 4.32. The first-order valence-electron chi connectivity index (χ1n) is 7.81. The lowest BCUT2D eigenvalue weighted by Gasteiger charge is -2.31. The van der Waals surface area contributed by atoms with Gasteiger partial charge in [-0.15, -0.1) is 0 Å². The van der Waals surface area contributed by atoms with E-state index in [9.17, 15) is 0 Å². The quantitative estimate of drug-likeness (QED) is 0.872. The molecule has 106 valence electrons. The van der Waals surface area contributed by atoms with Crippen LogP contribution in [0.4, 0.5) is 0 Å². The molecular weight excluding hydrogens is 232 g/mol. The summed E-state index contributed by atoms with van der Waals surface area (Å²) in [5.74, 6) is 0.889. The molecule has 1 heterocycles. The maximum absolute atomic E-state index is 3.53. The highest BCUT2D eigenvalue weighted by molar-refractivity contribution is 5.19. The fourth-order valence-corrected chi connectivity index (χ4v) is 3.01. The maximum Gasteiger partial charge on any atom is 0.0472 e. The Morgan fingerprint density at radius 3 is 2.74 bits per heavy atom. The predicted octanol–water partition coefficient (Wildman–Crippen LogP) is 3.46. The number of rotatable bonds is 5. The van der Waals surface area contributed by atoms with Crippen LogP contribution in [0.5, 0.6) is 0 Å². The molecule has 1 aliphatic heterocycles. The normalized spacial score (nSPS) is 22.9. The minimum absolute atomic E-state index is 0.534. The SMILES string of the molecule is CCNCC(c1ccccc1)N1CCCC(C)CC1. The summed E-state index contributed by atoms with van der Waals surface area (Å²) >= 11 is 0. The molecule has 1 aromatic carbocycles. The van der Waals surface area contributed by atoms with Crippen molar-refractivity contribution in [3.63, 3.8) is 0 Å². The number of likely N-dealkylation sites (N-methyl/N-ethyl adjacent to an activating group) is 1. The van der Waals surface area contributed by atoms with Crippen LogP contribution in [0.1, 0.15) is 44.7 Å². The molecule has 1 N–H and O–H groups in total. The van der Waals surface area contributed by atoms with Crippen molar-refractivity contribution in [3.05, 3.63) is 35.9 Å². The molecule has 0 bridgehead atoms. The molecule has 1 fully saturated rings. The van der Waals surface area contributed by atoms with Crippen molar-refractivity contribution in [3.8, 4) is 0 Å². The molecule has 2 unspecified atom stereocenters. The topological polar surface area (TPSA) is 15.3 Å². The largest absolute Gasteiger partial charge is 0.315 e. The molecule has 0 aliphatic carbocycles. The van der Waals surface area contributed by atoms with Crippen LogP contribution in [0.25, 0.3) is 0 Å². The van der Waals surface area contributed by atoms with Gasteiger partial charge < -0.3 is 5.32 Å². The molecule has 2 atom stereocenters. The van der Waals surface area contributed by atoms with Gasteiger partial charge in [-0.05, 0) is 50.4 Å². The Hall–Kier alpha value is -0.860. The predicted molar refractivity (Wildman–Crippen MR) is 82.3 cm³/mol. The molecule has 0 saturated carbocycles. The van der Waals surface area contributed by atoms with E-state index in [1.807, 2.05) is 0 Å². The van der Waals surface area contributed by atoms with E-state index in [0.717, 1.165) is 19.0 Å². The first-order valence-corrected chi connectivity index (χ1v) is 7.81. The van der Waals surface area contributed by atoms with Gasteiger partial charge in [0.05, 0.1) is 0 Å². The summed E-state index contributed by atoms with van der Waals surface area (Å²) in [6, 6.07) is 11.5. The van der Waals surface area contributed by atoms with Gasteiger partial charge in [-0.1, -0.05) is 44.2 Å². The standard InChI is InChI=1S/C17H28N2/c1-3-18-14-17(16-9-5-4-6-10-16)19-12-7-8-15(2)11-13-19/h4-6,9-10,15,17-18H,3,7-8,11-14H2,1-2H3. The second-order valence-electron chi connectivity index (χ2n) is 5.81. The van der Waals surface area contributed by atoms with Crippen LogP contribution in [0, 0.1) is 5.92 Å². The van der Waals surface area contributed by atoms with E-state index in [1.54, 1.807) is 0 Å². The van der Waals surface area contributed by atoms with Gasteiger partial charge in [-0.2, -0.15) is 0 Å². The highest BCUT2D eigenvalue weighted by Gasteiger charge is 2.22. The van der Waals surface area contributed by atoms with Crippen molar-refractivity contribution in [1.82, 2.24) is 10.2 Å². The number of hydrogen-bond donors (Lipinski definition) is 1. The molecule has 0 spiro atoms. The van der Waals surface area contributed by atoms with E-state index in [-0.39, 0.29) is 0 Å². The monoisotopic (exact) mass is 260 g/mol. The first kappa shape index (κ1) is 14.5. The zero-order chi connectivity index (χ0) is 13.5. The molecule has 0 amide bonds. The molecule has 0 aromatic heterocycles. The van der Waals surface area contributed by atoms with E-state index >= 15 is 0 Å². The zero-order valence-electron chi connectivity index (χ0n) is 12.4. The lowest BCUT2D eigenvalue weighted by atomic mass is 10.0. The lowest BCUT2D eigenvalue weighted by molar-refractivity contribution is 0.199. The van der Waals surface area contributed by atoms with E-state index < -0.39 is 0 Å². The van der Waals surface area contributed by atoms with Gasteiger partial charge in [-0.3, -0.25) is 4.90 Å². The van der Waals surface area contributed by atoms with Crippen LogP contribution in [0.15, 0.2) is 30.3 Å². The number of nitrogens with zero attached hydrogens (tertiary/aromatic N) is 1. The Labute approximate surface area is 118 Å². The van der Waals surface area contributed by atoms with Gasteiger partial charge in [0.25, 0.3) is 0 Å². The minimum Gasteiger partial charge on any atom is -0.315 e. The zero-order valence-corrected chi connectivity index (χ0v) is 12.4. The highest BCUT2D eigenvalue weighted by atomic mass is 15.2. The smallest absolute Gasteiger partial charge is 0.0472 e. The second kappa shape index (κ2) is 7.66. The Kier molecular flexibility index (Phi) is 5.87. The van der Waals surface area contributed by atoms with Crippen molar-refractivity contribution in [2.24, 2.45) is 5.92 Å². The van der Waals surface area contributed by atoms with E-state index in [0.29, 0.717) is 6.04 Å². The van der Waals surface area contributed by atoms with E-state index in [1.165, 1.54) is 37.9 Å². The molecule has 2 heteroatoms. The van der Waals surface area contributed by atoms with Gasteiger partial charge in [0.15, 0.2) is 0 Å². The van der Waals surface area contributed by atoms with Gasteiger partial charge in [0, 0.05) is 12.6 Å². The fourth-order valence-electron chi connectivity index (χ4n) is 3.01. The summed E-state index contributed by atoms with van der Waals surface area (Å²) in [4.78, 5) is 2.68. The third-order valence-electron chi connectivity index (χ3n) is 4.26. The van der Waals surface area contributed by atoms with Crippen molar-refractivity contribution < 1.29 is 0 Å². The minimum atomic E-state index is 0.534. The summed E-state index contributed by atoms with van der Waals surface area (Å²) in [6.07, 6.45) is 4.07. The Balaban J connectivity index is 2.08. The van der Waals surface area contributed by atoms with Crippen molar-refractivity contribution in [2.45, 2.75) is 39.2 Å². The number of nitrogens with one attached hydrogen (secondary N) is 1. The summed E-state index contributed by atoms with van der Waals surface area (Å²) in [5, 5.41) is 3.53. The summed E-state index contributed by atoms with van der Waals surface area (Å²) in [7, 11) is 0. The molecule has 1 aliphatic rings. The number of likely N-dealkylation sites (tertiary alicyclic amines) is 1. The van der Waals surface area contributed by atoms with Crippen molar-refractivity contribution in [1.29, 1.82) is 0 Å². The molecule has 2 rings (SSSR count). The molecular formula is C17H28N2. The van der Waals surface area contributed by atoms with Crippen molar-refractivity contribution >= 4 is 0 Å². The van der Waals surface area contributed by atoms with E-state index in [4.69, 9.17) is 0 Å². The molecule has 1 aromatic rings. The maximum atomic E-state index is 3.53. The Morgan fingerprint density at radius 1 is 1.21 bits per heavy atom. The van der Waals surface area contributed by atoms with Crippen molar-refractivity contribution in [2.75, 3.05) is 26.2 Å². The first-order chi connectivity index (χ1) is 9.31. The van der Waals surface area contributed by atoms with Gasteiger partial charge in [-0.25, -0.2) is 0 Å². The lowest BCUT2D eigenvalue weighted by Crippen LogP contribution is -2.36. The van der Waals surface area contributed by atoms with Gasteiger partial charge in [0.1, 0.15) is 0 Å². The highest BCUT2D eigenvalue weighted by Crippen LogP contribution is 2.25. The van der Waals surface area contributed by atoms with Crippen LogP contribution in [0.3, 0.4) is 0 Å². The van der Waals surface area contributed by atoms with Gasteiger partial charge in [0.2, 0.25) is 0 Å². The number of benzene rings is 1. The van der Waals surface area contributed by atoms with Crippen LogP contribution >= 0.6 is 0 Å². The molecule has 2 nitrogen and oxygen atoms in total. The average Bonchev–Trinajstić information content (AvgIpc) is 2.66. The van der Waals surface area contributed by atoms with Crippen LogP contribution in [-0.4, -0.2) is 31.1 Å². The molecule has 19 heavy (non-hydrogen) atoms. The summed E-state index contributed by atoms with van der Waals surface area (Å²) in [6.45, 7) is 9.18. The fraction of sp³-hybridized carbons (Fsp3) is 0.647. The van der Waals surface area contributed by atoms with Gasteiger partial charge >= 0.3 is 0 Å². The summed E-state index contributed by atoms with van der Waals surface area (Å²) in [5.41, 5.74) is 1.46. The van der Waals surface area contributed by atoms with Crippen LogP contribution in [-0.2, 0) is 0 Å². The Morgan fingerprint density at radius 2 is 2.00 bits per heavy atom. The third-order valence-corrected chi connectivity index (χ3v) is 4.26. The molecule has 1 saturated heterocycles. The summed E-state index contributed by atoms with van der Waals surface area (Å²) < 4.78 is 0. The second-order valence-corrected chi connectivity index (χ2v) is 5.81. The van der Waals surface area contributed by atoms with E-state index in [2.05, 4.69) is 54.4 Å². The van der Waals surface area contributed by atoms with Crippen LogP contribution < -0.4 is 5.32 Å². The van der Waals surface area contributed by atoms with Crippen LogP contribution in [0.2, 0.25) is 0 Å².